The number of likely N-dealkylation sites (tertiary alicyclic amines) is 1. The highest BCUT2D eigenvalue weighted by molar-refractivity contribution is 5.81. The molecule has 2 heterocycles. The van der Waals surface area contributed by atoms with E-state index >= 15 is 0 Å². The van der Waals surface area contributed by atoms with Gasteiger partial charge in [-0.3, -0.25) is 4.99 Å². The van der Waals surface area contributed by atoms with Gasteiger partial charge in [0.25, 0.3) is 0 Å². The van der Waals surface area contributed by atoms with E-state index in [0.717, 1.165) is 24.9 Å². The van der Waals surface area contributed by atoms with Crippen molar-refractivity contribution in [3.8, 4) is 0 Å². The van der Waals surface area contributed by atoms with Crippen LogP contribution < -0.4 is 5.32 Å². The van der Waals surface area contributed by atoms with Crippen molar-refractivity contribution in [1.29, 1.82) is 0 Å². The smallest absolute Gasteiger partial charge is 0.194 e. The van der Waals surface area contributed by atoms with Gasteiger partial charge in [-0.1, -0.05) is 44.2 Å². The Kier molecular flexibility index (Phi) is 4.58. The average molecular weight is 339 g/mol. The third kappa shape index (κ3) is 3.28. The first-order valence-corrected chi connectivity index (χ1v) is 8.87. The van der Waals surface area contributed by atoms with Crippen molar-refractivity contribution >= 4 is 5.96 Å². The second-order valence-corrected chi connectivity index (χ2v) is 7.89. The van der Waals surface area contributed by atoms with Crippen LogP contribution in [0.3, 0.4) is 0 Å². The second kappa shape index (κ2) is 6.54. The second-order valence-electron chi connectivity index (χ2n) is 7.89. The number of hydrogen-bond acceptors (Lipinski definition) is 2. The predicted molar refractivity (Wildman–Crippen MR) is 103 cm³/mol. The van der Waals surface area contributed by atoms with Gasteiger partial charge in [-0.25, -0.2) is 4.98 Å². The molecule has 1 aromatic heterocycles. The van der Waals surface area contributed by atoms with Crippen LogP contribution in [-0.2, 0) is 13.1 Å². The van der Waals surface area contributed by atoms with Gasteiger partial charge in [0, 0.05) is 43.5 Å². The van der Waals surface area contributed by atoms with Crippen molar-refractivity contribution in [1.82, 2.24) is 19.8 Å². The Hall–Kier alpha value is -2.30. The van der Waals surface area contributed by atoms with Gasteiger partial charge in [0.15, 0.2) is 5.96 Å². The molecule has 134 valence electrons. The minimum Gasteiger partial charge on any atom is -0.349 e. The fourth-order valence-electron chi connectivity index (χ4n) is 3.28. The summed E-state index contributed by atoms with van der Waals surface area (Å²) in [5.41, 5.74) is 1.65. The minimum atomic E-state index is 0.0916. The number of aromatic nitrogens is 2. The summed E-state index contributed by atoms with van der Waals surface area (Å²) >= 11 is 0. The number of imidazole rings is 1. The average Bonchev–Trinajstić information content (AvgIpc) is 3.02. The van der Waals surface area contributed by atoms with Crippen molar-refractivity contribution in [2.45, 2.75) is 46.3 Å². The summed E-state index contributed by atoms with van der Waals surface area (Å²) in [5, 5.41) is 3.49. The van der Waals surface area contributed by atoms with Gasteiger partial charge in [-0.05, 0) is 19.4 Å². The number of nitrogens with zero attached hydrogens (tertiary/aromatic N) is 4. The first-order chi connectivity index (χ1) is 11.8. The molecule has 1 aromatic carbocycles. The summed E-state index contributed by atoms with van der Waals surface area (Å²) in [6, 6.07) is 10.5. The van der Waals surface area contributed by atoms with E-state index in [2.05, 4.69) is 76.7 Å². The highest BCUT2D eigenvalue weighted by atomic mass is 15.4. The molecule has 1 saturated heterocycles. The molecule has 0 unspecified atom stereocenters. The van der Waals surface area contributed by atoms with Gasteiger partial charge >= 0.3 is 0 Å². The maximum atomic E-state index is 4.51. The highest BCUT2D eigenvalue weighted by Gasteiger charge is 2.53. The lowest BCUT2D eigenvalue weighted by molar-refractivity contribution is -0.0668. The van der Waals surface area contributed by atoms with E-state index in [0.29, 0.717) is 6.54 Å². The molecule has 1 aliphatic heterocycles. The predicted octanol–water partition coefficient (Wildman–Crippen LogP) is 3.13. The lowest BCUT2D eigenvalue weighted by Crippen LogP contribution is -2.72. The van der Waals surface area contributed by atoms with Gasteiger partial charge in [-0.15, -0.1) is 0 Å². The summed E-state index contributed by atoms with van der Waals surface area (Å²) < 4.78 is 2.18. The van der Waals surface area contributed by atoms with Crippen molar-refractivity contribution in [3.63, 3.8) is 0 Å². The maximum Gasteiger partial charge on any atom is 0.194 e. The van der Waals surface area contributed by atoms with Crippen LogP contribution in [0.25, 0.3) is 0 Å². The molecule has 5 heteroatoms. The molecule has 0 aliphatic carbocycles. The van der Waals surface area contributed by atoms with Crippen LogP contribution in [0, 0.1) is 5.41 Å². The van der Waals surface area contributed by atoms with E-state index < -0.39 is 0 Å². The third-order valence-electron chi connectivity index (χ3n) is 5.75. The van der Waals surface area contributed by atoms with Crippen molar-refractivity contribution in [3.05, 3.63) is 54.1 Å². The number of nitrogens with one attached hydrogen (secondary N) is 1. The number of aliphatic imine (C=N–C) groups is 1. The zero-order valence-corrected chi connectivity index (χ0v) is 16.0. The molecular weight excluding hydrogens is 310 g/mol. The largest absolute Gasteiger partial charge is 0.349 e. The van der Waals surface area contributed by atoms with Crippen LogP contribution in [0.1, 0.15) is 39.1 Å². The van der Waals surface area contributed by atoms with E-state index in [1.165, 1.54) is 5.56 Å². The van der Waals surface area contributed by atoms with Crippen molar-refractivity contribution in [2.24, 2.45) is 10.4 Å². The minimum absolute atomic E-state index is 0.0916. The number of hydrogen-bond donors (Lipinski definition) is 1. The first kappa shape index (κ1) is 17.5. The first-order valence-electron chi connectivity index (χ1n) is 8.87. The molecule has 0 spiro atoms. The zero-order chi connectivity index (χ0) is 18.1. The van der Waals surface area contributed by atoms with Crippen LogP contribution in [-0.4, -0.2) is 39.5 Å². The van der Waals surface area contributed by atoms with Crippen LogP contribution in [0.4, 0.5) is 0 Å². The van der Waals surface area contributed by atoms with E-state index in [-0.39, 0.29) is 11.0 Å². The molecule has 0 saturated carbocycles. The Morgan fingerprint density at radius 1 is 1.20 bits per heavy atom. The lowest BCUT2D eigenvalue weighted by Gasteiger charge is -2.62. The van der Waals surface area contributed by atoms with Crippen molar-refractivity contribution in [2.75, 3.05) is 13.6 Å². The summed E-state index contributed by atoms with van der Waals surface area (Å²) in [6.07, 6.45) is 3.89. The molecule has 3 rings (SSSR count). The number of benzene rings is 1. The van der Waals surface area contributed by atoms with Crippen molar-refractivity contribution < 1.29 is 0 Å². The van der Waals surface area contributed by atoms with Gasteiger partial charge in [0.1, 0.15) is 5.82 Å². The highest BCUT2D eigenvalue weighted by Crippen LogP contribution is 2.46. The fourth-order valence-corrected chi connectivity index (χ4v) is 3.28. The molecule has 25 heavy (non-hydrogen) atoms. The molecule has 0 atom stereocenters. The number of guanidine groups is 1. The molecule has 5 nitrogen and oxygen atoms in total. The Morgan fingerprint density at radius 3 is 2.52 bits per heavy atom. The van der Waals surface area contributed by atoms with Gasteiger partial charge in [-0.2, -0.15) is 0 Å². The van der Waals surface area contributed by atoms with Gasteiger partial charge < -0.3 is 14.8 Å². The Bertz CT molecular complexity index is 742. The van der Waals surface area contributed by atoms with Crippen LogP contribution in [0.5, 0.6) is 0 Å². The summed E-state index contributed by atoms with van der Waals surface area (Å²) in [4.78, 5) is 11.3. The Balaban J connectivity index is 1.65. The quantitative estimate of drug-likeness (QED) is 0.688. The number of rotatable bonds is 4. The fraction of sp³-hybridized carbons (Fsp3) is 0.500. The molecule has 1 N–H and O–H groups in total. The molecule has 0 amide bonds. The SMILES string of the molecule is CN=C(NCc1nccn1Cc1ccccc1)N1CC(C)(C)C1(C)C. The third-order valence-corrected chi connectivity index (χ3v) is 5.75. The molecular formula is C20H29N5. The zero-order valence-electron chi connectivity index (χ0n) is 16.0. The molecule has 0 radical (unpaired) electrons. The monoisotopic (exact) mass is 339 g/mol. The summed E-state index contributed by atoms with van der Waals surface area (Å²) in [6.45, 7) is 11.7. The molecule has 2 aromatic rings. The Labute approximate surface area is 150 Å². The summed E-state index contributed by atoms with van der Waals surface area (Å²) in [7, 11) is 1.85. The van der Waals surface area contributed by atoms with Gasteiger partial charge in [0.2, 0.25) is 0 Å². The van der Waals surface area contributed by atoms with Crippen LogP contribution in [0.15, 0.2) is 47.7 Å². The van der Waals surface area contributed by atoms with E-state index in [4.69, 9.17) is 0 Å². The van der Waals surface area contributed by atoms with E-state index in [9.17, 15) is 0 Å². The summed E-state index contributed by atoms with van der Waals surface area (Å²) in [5.74, 6) is 1.96. The normalized spacial score (nSPS) is 18.8. The van der Waals surface area contributed by atoms with E-state index in [1.54, 1.807) is 0 Å². The van der Waals surface area contributed by atoms with E-state index in [1.807, 2.05) is 25.5 Å². The Morgan fingerprint density at radius 2 is 1.92 bits per heavy atom. The molecule has 1 fully saturated rings. The maximum absolute atomic E-state index is 4.51. The van der Waals surface area contributed by atoms with Crippen LogP contribution in [0.2, 0.25) is 0 Å². The standard InChI is InChI=1S/C20H29N5/c1-19(2)15-25(20(19,3)4)18(21-5)23-13-17-22-11-12-24(17)14-16-9-7-6-8-10-16/h6-12H,13-15H2,1-5H3,(H,21,23). The molecule has 0 bridgehead atoms. The van der Waals surface area contributed by atoms with Gasteiger partial charge in [0.05, 0.1) is 6.54 Å². The topological polar surface area (TPSA) is 45.5 Å². The lowest BCUT2D eigenvalue weighted by atomic mass is 9.65. The molecule has 1 aliphatic rings. The van der Waals surface area contributed by atoms with Crippen LogP contribution >= 0.6 is 0 Å².